The fraction of sp³-hybridized carbons (Fsp3) is 0.278. The summed E-state index contributed by atoms with van der Waals surface area (Å²) in [5, 5.41) is 2.83. The molecule has 0 bridgehead atoms. The Morgan fingerprint density at radius 3 is 2.42 bits per heavy atom. The van der Waals surface area contributed by atoms with E-state index in [2.05, 4.69) is 20.0 Å². The van der Waals surface area contributed by atoms with Crippen LogP contribution in [0.3, 0.4) is 0 Å². The first-order chi connectivity index (χ1) is 11.7. The third kappa shape index (κ3) is 3.63. The molecule has 1 aliphatic rings. The molecule has 2 amide bonds. The lowest BCUT2D eigenvalue weighted by molar-refractivity contribution is 0.208. The van der Waals surface area contributed by atoms with Crippen LogP contribution in [-0.2, 0) is 0 Å². The van der Waals surface area contributed by atoms with Crippen molar-refractivity contribution in [1.82, 2.24) is 9.88 Å². The summed E-state index contributed by atoms with van der Waals surface area (Å²) in [5.74, 6) is 0.572. The second-order valence-corrected chi connectivity index (χ2v) is 5.75. The predicted molar refractivity (Wildman–Crippen MR) is 94.5 cm³/mol. The lowest BCUT2D eigenvalue weighted by atomic mass is 10.2. The topological polar surface area (TPSA) is 52.8 Å². The van der Waals surface area contributed by atoms with E-state index in [4.69, 9.17) is 6.57 Å². The van der Waals surface area contributed by atoms with E-state index in [1.807, 2.05) is 43.3 Å². The summed E-state index contributed by atoms with van der Waals surface area (Å²) in [6.07, 6.45) is 1.74. The van der Waals surface area contributed by atoms with Crippen LogP contribution in [0.15, 0.2) is 42.6 Å². The van der Waals surface area contributed by atoms with Crippen molar-refractivity contribution in [2.24, 2.45) is 0 Å². The Kier molecular flexibility index (Phi) is 4.62. The number of nitrogens with zero attached hydrogens (tertiary/aromatic N) is 4. The summed E-state index contributed by atoms with van der Waals surface area (Å²) >= 11 is 0. The number of piperazine rings is 1. The Bertz CT molecular complexity index is 740. The number of pyridine rings is 1. The van der Waals surface area contributed by atoms with Crippen LogP contribution in [0.2, 0.25) is 0 Å². The molecule has 1 aromatic heterocycles. The van der Waals surface area contributed by atoms with Gasteiger partial charge in [-0.1, -0.05) is 18.2 Å². The third-order valence-corrected chi connectivity index (χ3v) is 4.06. The minimum Gasteiger partial charge on any atom is -0.368 e. The van der Waals surface area contributed by atoms with Crippen molar-refractivity contribution in [3.8, 4) is 0 Å². The molecule has 1 aromatic carbocycles. The fourth-order valence-corrected chi connectivity index (χ4v) is 2.64. The SMILES string of the molecule is [C-]#[N+]c1ccc(N2CCN(C(=O)Nc3ccc(C)cn3)CC2)cc1. The van der Waals surface area contributed by atoms with E-state index in [0.717, 1.165) is 24.3 Å². The Morgan fingerprint density at radius 1 is 1.12 bits per heavy atom. The molecule has 2 aromatic rings. The molecule has 0 saturated carbocycles. The standard InChI is InChI=1S/C18H19N5O/c1-14-3-8-17(20-13-14)21-18(24)23-11-9-22(10-12-23)16-6-4-15(19-2)5-7-16/h3-8,13H,9-12H2,1H3,(H,20,21,24). The summed E-state index contributed by atoms with van der Waals surface area (Å²) in [7, 11) is 0. The first-order valence-corrected chi connectivity index (χ1v) is 7.87. The number of hydrogen-bond donors (Lipinski definition) is 1. The summed E-state index contributed by atoms with van der Waals surface area (Å²) in [6.45, 7) is 11.8. The van der Waals surface area contributed by atoms with Gasteiger partial charge in [-0.15, -0.1) is 0 Å². The highest BCUT2D eigenvalue weighted by Crippen LogP contribution is 2.21. The van der Waals surface area contributed by atoms with Gasteiger partial charge in [0.05, 0.1) is 6.57 Å². The molecule has 122 valence electrons. The van der Waals surface area contributed by atoms with Gasteiger partial charge in [0, 0.05) is 38.1 Å². The highest BCUT2D eigenvalue weighted by atomic mass is 16.2. The maximum absolute atomic E-state index is 12.3. The van der Waals surface area contributed by atoms with Gasteiger partial charge in [-0.2, -0.15) is 0 Å². The van der Waals surface area contributed by atoms with Crippen molar-refractivity contribution in [2.45, 2.75) is 6.92 Å². The number of benzene rings is 1. The van der Waals surface area contributed by atoms with Crippen LogP contribution in [-0.4, -0.2) is 42.1 Å². The molecule has 0 spiro atoms. The molecule has 24 heavy (non-hydrogen) atoms. The Balaban J connectivity index is 1.55. The number of aryl methyl sites for hydroxylation is 1. The molecule has 0 atom stereocenters. The van der Waals surface area contributed by atoms with Crippen molar-refractivity contribution in [2.75, 3.05) is 36.4 Å². The van der Waals surface area contributed by atoms with Crippen LogP contribution in [0, 0.1) is 13.5 Å². The molecular weight excluding hydrogens is 302 g/mol. The van der Waals surface area contributed by atoms with Crippen LogP contribution in [0.25, 0.3) is 4.85 Å². The molecule has 1 saturated heterocycles. The van der Waals surface area contributed by atoms with Gasteiger partial charge in [0.1, 0.15) is 5.82 Å². The Morgan fingerprint density at radius 2 is 1.83 bits per heavy atom. The summed E-state index contributed by atoms with van der Waals surface area (Å²) in [5.41, 5.74) is 2.79. The number of amides is 2. The molecular formula is C18H19N5O. The summed E-state index contributed by atoms with van der Waals surface area (Å²) < 4.78 is 0. The zero-order chi connectivity index (χ0) is 16.9. The monoisotopic (exact) mass is 321 g/mol. The lowest BCUT2D eigenvalue weighted by Crippen LogP contribution is -2.50. The van der Waals surface area contributed by atoms with Gasteiger partial charge in [-0.3, -0.25) is 5.32 Å². The van der Waals surface area contributed by atoms with E-state index in [-0.39, 0.29) is 6.03 Å². The number of aromatic nitrogens is 1. The Labute approximate surface area is 141 Å². The van der Waals surface area contributed by atoms with Gasteiger partial charge in [0.2, 0.25) is 0 Å². The lowest BCUT2D eigenvalue weighted by Gasteiger charge is -2.36. The third-order valence-electron chi connectivity index (χ3n) is 4.06. The van der Waals surface area contributed by atoms with Gasteiger partial charge in [0.15, 0.2) is 5.69 Å². The van der Waals surface area contributed by atoms with Crippen molar-refractivity contribution in [3.05, 3.63) is 59.6 Å². The normalized spacial score (nSPS) is 14.2. The molecule has 0 radical (unpaired) electrons. The smallest absolute Gasteiger partial charge is 0.323 e. The number of carbonyl (C=O) groups excluding carboxylic acids is 1. The van der Waals surface area contributed by atoms with Gasteiger partial charge in [-0.05, 0) is 30.7 Å². The number of carbonyl (C=O) groups is 1. The number of urea groups is 1. The van der Waals surface area contributed by atoms with Gasteiger partial charge in [0.25, 0.3) is 0 Å². The van der Waals surface area contributed by atoms with E-state index in [1.165, 1.54) is 0 Å². The first-order valence-electron chi connectivity index (χ1n) is 7.87. The van der Waals surface area contributed by atoms with Crippen molar-refractivity contribution >= 4 is 23.2 Å². The second kappa shape index (κ2) is 7.01. The molecule has 1 N–H and O–H groups in total. The van der Waals surface area contributed by atoms with E-state index in [9.17, 15) is 4.79 Å². The van der Waals surface area contributed by atoms with Crippen LogP contribution in [0.1, 0.15) is 5.56 Å². The molecule has 3 rings (SSSR count). The Hall–Kier alpha value is -3.07. The summed E-state index contributed by atoms with van der Waals surface area (Å²) in [6, 6.07) is 11.2. The predicted octanol–water partition coefficient (Wildman–Crippen LogP) is 3.29. The van der Waals surface area contributed by atoms with Crippen molar-refractivity contribution < 1.29 is 4.79 Å². The maximum Gasteiger partial charge on any atom is 0.323 e. The van der Waals surface area contributed by atoms with Crippen LogP contribution >= 0.6 is 0 Å². The van der Waals surface area contributed by atoms with Crippen molar-refractivity contribution in [3.63, 3.8) is 0 Å². The van der Waals surface area contributed by atoms with E-state index in [0.29, 0.717) is 24.6 Å². The molecule has 0 aliphatic carbocycles. The average molecular weight is 321 g/mol. The molecule has 0 unspecified atom stereocenters. The van der Waals surface area contributed by atoms with Crippen LogP contribution in [0.5, 0.6) is 0 Å². The van der Waals surface area contributed by atoms with E-state index < -0.39 is 0 Å². The van der Waals surface area contributed by atoms with E-state index >= 15 is 0 Å². The molecule has 6 nitrogen and oxygen atoms in total. The fourth-order valence-electron chi connectivity index (χ4n) is 2.64. The second-order valence-electron chi connectivity index (χ2n) is 5.75. The average Bonchev–Trinajstić information content (AvgIpc) is 2.64. The molecule has 1 fully saturated rings. The maximum atomic E-state index is 12.3. The number of nitrogens with one attached hydrogen (secondary N) is 1. The largest absolute Gasteiger partial charge is 0.368 e. The van der Waals surface area contributed by atoms with Crippen LogP contribution in [0.4, 0.5) is 22.0 Å². The van der Waals surface area contributed by atoms with Crippen molar-refractivity contribution in [1.29, 1.82) is 0 Å². The molecule has 1 aliphatic heterocycles. The minimum atomic E-state index is -0.116. The number of rotatable bonds is 2. The molecule has 2 heterocycles. The van der Waals surface area contributed by atoms with Gasteiger partial charge < -0.3 is 9.80 Å². The highest BCUT2D eigenvalue weighted by Gasteiger charge is 2.21. The summed E-state index contributed by atoms with van der Waals surface area (Å²) in [4.78, 5) is 23.9. The minimum absolute atomic E-state index is 0.116. The zero-order valence-electron chi connectivity index (χ0n) is 13.6. The van der Waals surface area contributed by atoms with Gasteiger partial charge >= 0.3 is 6.03 Å². The van der Waals surface area contributed by atoms with E-state index in [1.54, 1.807) is 11.1 Å². The highest BCUT2D eigenvalue weighted by molar-refractivity contribution is 5.88. The zero-order valence-corrected chi connectivity index (χ0v) is 13.6. The quantitative estimate of drug-likeness (QED) is 0.864. The number of hydrogen-bond acceptors (Lipinski definition) is 3. The van der Waals surface area contributed by atoms with Crippen LogP contribution < -0.4 is 10.2 Å². The number of anilines is 2. The molecule has 6 heteroatoms. The first kappa shape index (κ1) is 15.8. The van der Waals surface area contributed by atoms with Gasteiger partial charge in [-0.25, -0.2) is 14.6 Å².